The molecule has 0 aliphatic heterocycles. The standard InChI is InChI=1S/C19H16N6O/c1-25-15-5-3-2-4-14(15)24-18(25)12-6-8-13(9-7-12)23-19(26)16-17(20)22-11-10-21-16/h2-11H,1H3,(H2,20,22)(H,23,26). The molecule has 0 spiro atoms. The number of aromatic nitrogens is 4. The van der Waals surface area contributed by atoms with Crippen LogP contribution in [0.4, 0.5) is 11.5 Å². The Balaban J connectivity index is 1.59. The van der Waals surface area contributed by atoms with Crippen molar-refractivity contribution in [1.29, 1.82) is 0 Å². The van der Waals surface area contributed by atoms with Gasteiger partial charge in [-0.1, -0.05) is 12.1 Å². The topological polar surface area (TPSA) is 98.7 Å². The molecule has 0 saturated heterocycles. The molecule has 2 aromatic heterocycles. The smallest absolute Gasteiger partial charge is 0.278 e. The molecule has 2 heterocycles. The third-order valence-corrected chi connectivity index (χ3v) is 4.13. The number of carbonyl (C=O) groups is 1. The molecule has 0 fully saturated rings. The molecule has 0 aliphatic carbocycles. The number of para-hydroxylation sites is 2. The first-order valence-electron chi connectivity index (χ1n) is 8.03. The predicted molar refractivity (Wildman–Crippen MR) is 101 cm³/mol. The second kappa shape index (κ2) is 6.29. The number of rotatable bonds is 3. The van der Waals surface area contributed by atoms with Crippen LogP contribution in [-0.2, 0) is 7.05 Å². The van der Waals surface area contributed by atoms with Gasteiger partial charge in [-0.2, -0.15) is 0 Å². The Bertz CT molecular complexity index is 1100. The van der Waals surface area contributed by atoms with Crippen molar-refractivity contribution >= 4 is 28.4 Å². The summed E-state index contributed by atoms with van der Waals surface area (Å²) in [6.07, 6.45) is 2.87. The zero-order valence-electron chi connectivity index (χ0n) is 14.0. The van der Waals surface area contributed by atoms with E-state index in [9.17, 15) is 4.79 Å². The maximum Gasteiger partial charge on any atom is 0.278 e. The van der Waals surface area contributed by atoms with E-state index in [-0.39, 0.29) is 11.5 Å². The largest absolute Gasteiger partial charge is 0.382 e. The van der Waals surface area contributed by atoms with Crippen molar-refractivity contribution in [2.75, 3.05) is 11.1 Å². The number of nitrogen functional groups attached to an aromatic ring is 1. The molecule has 128 valence electrons. The molecule has 0 bridgehead atoms. The van der Waals surface area contributed by atoms with Gasteiger partial charge in [-0.05, 0) is 36.4 Å². The zero-order chi connectivity index (χ0) is 18.1. The molecule has 7 heteroatoms. The van der Waals surface area contributed by atoms with E-state index < -0.39 is 5.91 Å². The van der Waals surface area contributed by atoms with Gasteiger partial charge in [0.05, 0.1) is 11.0 Å². The van der Waals surface area contributed by atoms with Crippen LogP contribution in [0.25, 0.3) is 22.4 Å². The maximum absolute atomic E-state index is 12.3. The van der Waals surface area contributed by atoms with E-state index in [1.165, 1.54) is 12.4 Å². The highest BCUT2D eigenvalue weighted by Crippen LogP contribution is 2.25. The van der Waals surface area contributed by atoms with E-state index in [0.717, 1.165) is 22.4 Å². The minimum absolute atomic E-state index is 0.0984. The second-order valence-electron chi connectivity index (χ2n) is 5.80. The molecular weight excluding hydrogens is 328 g/mol. The number of fused-ring (bicyclic) bond motifs is 1. The normalized spacial score (nSPS) is 10.8. The number of nitrogens with zero attached hydrogens (tertiary/aromatic N) is 4. The van der Waals surface area contributed by atoms with Gasteiger partial charge in [0.1, 0.15) is 5.82 Å². The van der Waals surface area contributed by atoms with Crippen LogP contribution in [0.2, 0.25) is 0 Å². The predicted octanol–water partition coefficient (Wildman–Crippen LogP) is 2.86. The lowest BCUT2D eigenvalue weighted by Gasteiger charge is -2.07. The Labute approximate surface area is 149 Å². The molecule has 26 heavy (non-hydrogen) atoms. The molecule has 0 saturated carbocycles. The van der Waals surface area contributed by atoms with Gasteiger partial charge in [-0.3, -0.25) is 4.79 Å². The highest BCUT2D eigenvalue weighted by atomic mass is 16.1. The fourth-order valence-corrected chi connectivity index (χ4v) is 2.82. The van der Waals surface area contributed by atoms with Gasteiger partial charge >= 0.3 is 0 Å². The number of imidazole rings is 1. The van der Waals surface area contributed by atoms with Crippen molar-refractivity contribution in [2.45, 2.75) is 0 Å². The van der Waals surface area contributed by atoms with E-state index in [4.69, 9.17) is 5.73 Å². The van der Waals surface area contributed by atoms with Crippen LogP contribution in [0.5, 0.6) is 0 Å². The summed E-state index contributed by atoms with van der Waals surface area (Å²) in [7, 11) is 1.98. The summed E-state index contributed by atoms with van der Waals surface area (Å²) in [4.78, 5) is 24.8. The average Bonchev–Trinajstić information content (AvgIpc) is 3.00. The van der Waals surface area contributed by atoms with E-state index in [1.807, 2.05) is 60.1 Å². The van der Waals surface area contributed by atoms with Crippen molar-refractivity contribution in [3.8, 4) is 11.4 Å². The molecule has 0 unspecified atom stereocenters. The summed E-state index contributed by atoms with van der Waals surface area (Å²) in [5, 5.41) is 2.77. The second-order valence-corrected chi connectivity index (χ2v) is 5.80. The first-order valence-corrected chi connectivity index (χ1v) is 8.03. The first-order chi connectivity index (χ1) is 12.6. The fourth-order valence-electron chi connectivity index (χ4n) is 2.82. The number of hydrogen-bond donors (Lipinski definition) is 2. The number of nitrogens with two attached hydrogens (primary N) is 1. The highest BCUT2D eigenvalue weighted by Gasteiger charge is 2.13. The molecule has 4 aromatic rings. The minimum Gasteiger partial charge on any atom is -0.382 e. The summed E-state index contributed by atoms with van der Waals surface area (Å²) in [5.74, 6) is 0.564. The van der Waals surface area contributed by atoms with Crippen LogP contribution >= 0.6 is 0 Å². The molecule has 7 nitrogen and oxygen atoms in total. The minimum atomic E-state index is -0.397. The van der Waals surface area contributed by atoms with Crippen molar-refractivity contribution in [3.63, 3.8) is 0 Å². The Kier molecular flexibility index (Phi) is 3.81. The summed E-state index contributed by atoms with van der Waals surface area (Å²) < 4.78 is 2.04. The number of benzene rings is 2. The number of anilines is 2. The van der Waals surface area contributed by atoms with Crippen LogP contribution in [0.1, 0.15) is 10.5 Å². The molecule has 1 amide bonds. The Morgan fingerprint density at radius 3 is 2.50 bits per heavy atom. The average molecular weight is 344 g/mol. The van der Waals surface area contributed by atoms with Crippen molar-refractivity contribution in [3.05, 3.63) is 66.6 Å². The third kappa shape index (κ3) is 2.75. The molecular formula is C19H16N6O. The number of carbonyl (C=O) groups excluding carboxylic acids is 1. The lowest BCUT2D eigenvalue weighted by Crippen LogP contribution is -2.16. The maximum atomic E-state index is 12.3. The van der Waals surface area contributed by atoms with Gasteiger partial charge in [-0.15, -0.1) is 0 Å². The molecule has 0 aliphatic rings. The quantitative estimate of drug-likeness (QED) is 0.595. The molecule has 3 N–H and O–H groups in total. The Morgan fingerprint density at radius 1 is 1.04 bits per heavy atom. The zero-order valence-corrected chi connectivity index (χ0v) is 14.0. The van der Waals surface area contributed by atoms with E-state index in [0.29, 0.717) is 5.69 Å². The van der Waals surface area contributed by atoms with Crippen LogP contribution in [-0.4, -0.2) is 25.4 Å². The van der Waals surface area contributed by atoms with Crippen LogP contribution in [0.3, 0.4) is 0 Å². The number of amides is 1. The van der Waals surface area contributed by atoms with Gasteiger partial charge < -0.3 is 15.6 Å². The Hall–Kier alpha value is -3.74. The number of nitrogens with one attached hydrogen (secondary N) is 1. The van der Waals surface area contributed by atoms with E-state index >= 15 is 0 Å². The van der Waals surface area contributed by atoms with Crippen molar-refractivity contribution in [1.82, 2.24) is 19.5 Å². The highest BCUT2D eigenvalue weighted by molar-refractivity contribution is 6.05. The molecule has 0 radical (unpaired) electrons. The van der Waals surface area contributed by atoms with Gasteiger partial charge in [0, 0.05) is 30.7 Å². The van der Waals surface area contributed by atoms with Crippen LogP contribution in [0.15, 0.2) is 60.9 Å². The molecule has 0 atom stereocenters. The van der Waals surface area contributed by atoms with Gasteiger partial charge in [0.15, 0.2) is 11.5 Å². The third-order valence-electron chi connectivity index (χ3n) is 4.13. The monoisotopic (exact) mass is 344 g/mol. The lowest BCUT2D eigenvalue weighted by molar-refractivity contribution is 0.102. The first kappa shape index (κ1) is 15.8. The number of hydrogen-bond acceptors (Lipinski definition) is 5. The Morgan fingerprint density at radius 2 is 1.77 bits per heavy atom. The summed E-state index contributed by atoms with van der Waals surface area (Å²) >= 11 is 0. The SMILES string of the molecule is Cn1c(-c2ccc(NC(=O)c3nccnc3N)cc2)nc2ccccc21. The van der Waals surface area contributed by atoms with Crippen LogP contribution in [0, 0.1) is 0 Å². The molecule has 2 aromatic carbocycles. The summed E-state index contributed by atoms with van der Waals surface area (Å²) in [5.41, 5.74) is 9.40. The fraction of sp³-hybridized carbons (Fsp3) is 0.0526. The summed E-state index contributed by atoms with van der Waals surface area (Å²) in [6.45, 7) is 0. The summed E-state index contributed by atoms with van der Waals surface area (Å²) in [6, 6.07) is 15.4. The van der Waals surface area contributed by atoms with Gasteiger partial charge in [-0.25, -0.2) is 15.0 Å². The van der Waals surface area contributed by atoms with Gasteiger partial charge in [0.25, 0.3) is 5.91 Å². The van der Waals surface area contributed by atoms with Crippen molar-refractivity contribution < 1.29 is 4.79 Å². The van der Waals surface area contributed by atoms with E-state index in [2.05, 4.69) is 20.3 Å². The molecule has 4 rings (SSSR count). The number of aryl methyl sites for hydroxylation is 1. The van der Waals surface area contributed by atoms with Crippen LogP contribution < -0.4 is 11.1 Å². The van der Waals surface area contributed by atoms with Crippen molar-refractivity contribution in [2.24, 2.45) is 7.05 Å². The van der Waals surface area contributed by atoms with E-state index in [1.54, 1.807) is 0 Å². The lowest BCUT2D eigenvalue weighted by atomic mass is 10.2. The van der Waals surface area contributed by atoms with Gasteiger partial charge in [0.2, 0.25) is 0 Å².